The SMILES string of the molecule is CNCc1cc(Br)cnc1N1CCSC(C)(C)CC1. The zero-order valence-corrected chi connectivity index (χ0v) is 14.3. The molecule has 1 aliphatic heterocycles. The topological polar surface area (TPSA) is 28.2 Å². The van der Waals surface area contributed by atoms with Crippen molar-refractivity contribution in [2.24, 2.45) is 0 Å². The van der Waals surface area contributed by atoms with Crippen molar-refractivity contribution in [1.82, 2.24) is 10.3 Å². The first-order valence-corrected chi connectivity index (χ1v) is 8.47. The smallest absolute Gasteiger partial charge is 0.133 e. The van der Waals surface area contributed by atoms with Crippen LogP contribution in [0.3, 0.4) is 0 Å². The highest BCUT2D eigenvalue weighted by atomic mass is 79.9. The molecule has 0 atom stereocenters. The molecule has 3 nitrogen and oxygen atoms in total. The second-order valence-electron chi connectivity index (χ2n) is 5.51. The van der Waals surface area contributed by atoms with Gasteiger partial charge in [-0.25, -0.2) is 4.98 Å². The normalized spacial score (nSPS) is 19.3. The molecule has 0 aliphatic carbocycles. The maximum absolute atomic E-state index is 4.64. The summed E-state index contributed by atoms with van der Waals surface area (Å²) in [6.07, 6.45) is 3.10. The molecule has 0 bridgehead atoms. The summed E-state index contributed by atoms with van der Waals surface area (Å²) in [4.78, 5) is 7.07. The van der Waals surface area contributed by atoms with E-state index in [9.17, 15) is 0 Å². The molecule has 2 heterocycles. The van der Waals surface area contributed by atoms with Gasteiger partial charge in [-0.15, -0.1) is 0 Å². The van der Waals surface area contributed by atoms with Gasteiger partial charge in [0.25, 0.3) is 0 Å². The fourth-order valence-electron chi connectivity index (χ4n) is 2.31. The Hall–Kier alpha value is -0.260. The number of hydrogen-bond acceptors (Lipinski definition) is 4. The van der Waals surface area contributed by atoms with Gasteiger partial charge in [-0.3, -0.25) is 0 Å². The van der Waals surface area contributed by atoms with Crippen molar-refractivity contribution in [3.8, 4) is 0 Å². The average Bonchev–Trinajstić information content (AvgIpc) is 2.51. The van der Waals surface area contributed by atoms with Gasteiger partial charge in [0.2, 0.25) is 0 Å². The molecular weight excluding hydrogens is 322 g/mol. The second kappa shape index (κ2) is 6.46. The van der Waals surface area contributed by atoms with E-state index in [1.807, 2.05) is 13.2 Å². The maximum atomic E-state index is 4.64. The molecule has 1 N–H and O–H groups in total. The van der Waals surface area contributed by atoms with Gasteiger partial charge in [-0.1, -0.05) is 13.8 Å². The Morgan fingerprint density at radius 3 is 3.00 bits per heavy atom. The van der Waals surface area contributed by atoms with E-state index in [1.54, 1.807) is 0 Å². The van der Waals surface area contributed by atoms with Gasteiger partial charge >= 0.3 is 0 Å². The minimum absolute atomic E-state index is 0.382. The number of nitrogens with one attached hydrogen (secondary N) is 1. The van der Waals surface area contributed by atoms with Crippen LogP contribution < -0.4 is 10.2 Å². The number of aromatic nitrogens is 1. The first kappa shape index (κ1) is 15.1. The number of anilines is 1. The van der Waals surface area contributed by atoms with Crippen LogP contribution in [0.2, 0.25) is 0 Å². The summed E-state index contributed by atoms with van der Waals surface area (Å²) >= 11 is 5.58. The summed E-state index contributed by atoms with van der Waals surface area (Å²) in [5.41, 5.74) is 1.27. The lowest BCUT2D eigenvalue weighted by atomic mass is 10.1. The zero-order valence-electron chi connectivity index (χ0n) is 11.9. The summed E-state index contributed by atoms with van der Waals surface area (Å²) < 4.78 is 1.43. The van der Waals surface area contributed by atoms with E-state index in [0.29, 0.717) is 4.75 Å². The lowest BCUT2D eigenvalue weighted by Gasteiger charge is -2.25. The third-order valence-electron chi connectivity index (χ3n) is 3.41. The van der Waals surface area contributed by atoms with E-state index < -0.39 is 0 Å². The summed E-state index contributed by atoms with van der Waals surface area (Å²) in [5.74, 6) is 2.31. The number of thioether (sulfide) groups is 1. The molecule has 1 fully saturated rings. The van der Waals surface area contributed by atoms with Crippen molar-refractivity contribution < 1.29 is 0 Å². The average molecular weight is 344 g/mol. The van der Waals surface area contributed by atoms with Gasteiger partial charge in [-0.05, 0) is 35.5 Å². The van der Waals surface area contributed by atoms with Crippen molar-refractivity contribution in [1.29, 1.82) is 0 Å². The third-order valence-corrected chi connectivity index (χ3v) is 5.22. The highest BCUT2D eigenvalue weighted by molar-refractivity contribution is 9.10. The molecule has 0 radical (unpaired) electrons. The Bertz CT molecular complexity index is 437. The lowest BCUT2D eigenvalue weighted by molar-refractivity contribution is 0.632. The van der Waals surface area contributed by atoms with E-state index in [1.165, 1.54) is 17.7 Å². The molecule has 0 saturated carbocycles. The number of nitrogens with zero attached hydrogens (tertiary/aromatic N) is 2. The van der Waals surface area contributed by atoms with E-state index in [-0.39, 0.29) is 0 Å². The van der Waals surface area contributed by atoms with Crippen LogP contribution in [-0.2, 0) is 6.54 Å². The van der Waals surface area contributed by atoms with Gasteiger partial charge < -0.3 is 10.2 Å². The number of pyridine rings is 1. The van der Waals surface area contributed by atoms with Crippen molar-refractivity contribution in [2.45, 2.75) is 31.6 Å². The van der Waals surface area contributed by atoms with E-state index in [0.717, 1.165) is 29.9 Å². The van der Waals surface area contributed by atoms with Crippen molar-refractivity contribution >= 4 is 33.5 Å². The fraction of sp³-hybridized carbons (Fsp3) is 0.643. The standard InChI is InChI=1S/C14H22BrN3S/c1-14(2)4-5-18(6-7-19-14)13-11(9-16-3)8-12(15)10-17-13/h8,10,16H,4-7,9H2,1-3H3. The highest BCUT2D eigenvalue weighted by Gasteiger charge is 2.25. The summed E-state index contributed by atoms with van der Waals surface area (Å²) in [5, 5.41) is 3.23. The molecule has 0 amide bonds. The van der Waals surface area contributed by atoms with Crippen LogP contribution in [0.5, 0.6) is 0 Å². The van der Waals surface area contributed by atoms with Gasteiger partial charge in [0.05, 0.1) is 0 Å². The Balaban J connectivity index is 2.21. The lowest BCUT2D eigenvalue weighted by Crippen LogP contribution is -2.29. The molecule has 1 aromatic heterocycles. The second-order valence-corrected chi connectivity index (χ2v) is 8.23. The molecule has 0 aromatic carbocycles. The van der Waals surface area contributed by atoms with Crippen molar-refractivity contribution in [2.75, 3.05) is 30.8 Å². The Morgan fingerprint density at radius 2 is 2.26 bits per heavy atom. The quantitative estimate of drug-likeness (QED) is 0.911. The first-order chi connectivity index (χ1) is 9.02. The molecule has 2 rings (SSSR count). The minimum Gasteiger partial charge on any atom is -0.355 e. The third kappa shape index (κ3) is 4.10. The van der Waals surface area contributed by atoms with Gasteiger partial charge in [0.1, 0.15) is 5.82 Å². The van der Waals surface area contributed by atoms with Crippen molar-refractivity contribution in [3.05, 3.63) is 22.3 Å². The molecule has 1 aromatic rings. The zero-order chi connectivity index (χ0) is 13.9. The van der Waals surface area contributed by atoms with E-state index in [2.05, 4.69) is 62.8 Å². The van der Waals surface area contributed by atoms with E-state index >= 15 is 0 Å². The van der Waals surface area contributed by atoms with Gasteiger partial charge in [0.15, 0.2) is 0 Å². The minimum atomic E-state index is 0.382. The predicted octanol–water partition coefficient (Wildman–Crippen LogP) is 3.29. The number of hydrogen-bond donors (Lipinski definition) is 1. The van der Waals surface area contributed by atoms with Crippen LogP contribution in [0.1, 0.15) is 25.8 Å². The van der Waals surface area contributed by atoms with Crippen LogP contribution in [0.4, 0.5) is 5.82 Å². The fourth-order valence-corrected chi connectivity index (χ4v) is 3.79. The predicted molar refractivity (Wildman–Crippen MR) is 88.1 cm³/mol. The summed E-state index contributed by atoms with van der Waals surface area (Å²) in [6, 6.07) is 2.17. The number of halogens is 1. The molecule has 0 unspecified atom stereocenters. The molecular formula is C14H22BrN3S. The molecule has 0 spiro atoms. The van der Waals surface area contributed by atoms with Crippen LogP contribution >= 0.6 is 27.7 Å². The van der Waals surface area contributed by atoms with Gasteiger partial charge in [0, 0.05) is 46.4 Å². The summed E-state index contributed by atoms with van der Waals surface area (Å²) in [6.45, 7) is 7.70. The van der Waals surface area contributed by atoms with E-state index in [4.69, 9.17) is 0 Å². The Labute approximate surface area is 128 Å². The highest BCUT2D eigenvalue weighted by Crippen LogP contribution is 2.33. The first-order valence-electron chi connectivity index (χ1n) is 6.70. The molecule has 1 saturated heterocycles. The van der Waals surface area contributed by atoms with Crippen LogP contribution in [0.15, 0.2) is 16.7 Å². The molecule has 19 heavy (non-hydrogen) atoms. The Kier molecular flexibility index (Phi) is 5.15. The van der Waals surface area contributed by atoms with Crippen LogP contribution in [0, 0.1) is 0 Å². The Morgan fingerprint density at radius 1 is 1.47 bits per heavy atom. The summed E-state index contributed by atoms with van der Waals surface area (Å²) in [7, 11) is 1.98. The van der Waals surface area contributed by atoms with Crippen LogP contribution in [0.25, 0.3) is 0 Å². The monoisotopic (exact) mass is 343 g/mol. The maximum Gasteiger partial charge on any atom is 0.133 e. The van der Waals surface area contributed by atoms with Crippen molar-refractivity contribution in [3.63, 3.8) is 0 Å². The largest absolute Gasteiger partial charge is 0.355 e. The number of rotatable bonds is 3. The molecule has 106 valence electrons. The van der Waals surface area contributed by atoms with Crippen LogP contribution in [-0.4, -0.2) is 35.6 Å². The molecule has 5 heteroatoms. The molecule has 1 aliphatic rings. The van der Waals surface area contributed by atoms with Gasteiger partial charge in [-0.2, -0.15) is 11.8 Å².